The number of hydrogen-bond donors (Lipinski definition) is 0. The predicted molar refractivity (Wildman–Crippen MR) is 105 cm³/mol. The SMILES string of the molecule is CCOc1ccccc1OCCCC(=O)N1CCN(Cc2cc(C)no2)CC1. The Kier molecular flexibility index (Phi) is 7.31. The topological polar surface area (TPSA) is 68.0 Å². The molecule has 1 amide bonds. The van der Waals surface area contributed by atoms with Gasteiger partial charge < -0.3 is 18.9 Å². The quantitative estimate of drug-likeness (QED) is 0.617. The molecule has 2 heterocycles. The van der Waals surface area contributed by atoms with Crippen LogP contribution < -0.4 is 9.47 Å². The lowest BCUT2D eigenvalue weighted by molar-refractivity contribution is -0.133. The van der Waals surface area contributed by atoms with E-state index >= 15 is 0 Å². The van der Waals surface area contributed by atoms with Crippen molar-refractivity contribution in [2.45, 2.75) is 33.2 Å². The average molecular weight is 387 g/mol. The van der Waals surface area contributed by atoms with E-state index < -0.39 is 0 Å². The van der Waals surface area contributed by atoms with E-state index in [0.717, 1.165) is 55.7 Å². The number of rotatable bonds is 9. The summed E-state index contributed by atoms with van der Waals surface area (Å²) in [5.41, 5.74) is 0.898. The number of carbonyl (C=O) groups excluding carboxylic acids is 1. The minimum absolute atomic E-state index is 0.192. The Bertz CT molecular complexity index is 754. The summed E-state index contributed by atoms with van der Waals surface area (Å²) in [6, 6.07) is 9.58. The van der Waals surface area contributed by atoms with Crippen LogP contribution in [0.5, 0.6) is 11.5 Å². The van der Waals surface area contributed by atoms with Crippen LogP contribution in [0.3, 0.4) is 0 Å². The van der Waals surface area contributed by atoms with Crippen molar-refractivity contribution >= 4 is 5.91 Å². The van der Waals surface area contributed by atoms with Gasteiger partial charge in [0.1, 0.15) is 0 Å². The summed E-state index contributed by atoms with van der Waals surface area (Å²) in [4.78, 5) is 16.7. The van der Waals surface area contributed by atoms with Crippen LogP contribution in [0, 0.1) is 6.92 Å². The van der Waals surface area contributed by atoms with Gasteiger partial charge in [-0.1, -0.05) is 17.3 Å². The van der Waals surface area contributed by atoms with E-state index in [9.17, 15) is 4.79 Å². The molecule has 0 unspecified atom stereocenters. The van der Waals surface area contributed by atoms with Crippen LogP contribution in [0.1, 0.15) is 31.2 Å². The Labute approximate surface area is 166 Å². The van der Waals surface area contributed by atoms with Crippen molar-refractivity contribution < 1.29 is 18.8 Å². The first-order chi connectivity index (χ1) is 13.7. The Morgan fingerprint density at radius 1 is 1.14 bits per heavy atom. The van der Waals surface area contributed by atoms with Gasteiger partial charge >= 0.3 is 0 Å². The highest BCUT2D eigenvalue weighted by Gasteiger charge is 2.21. The van der Waals surface area contributed by atoms with Crippen LogP contribution in [0.4, 0.5) is 0 Å². The molecule has 0 spiro atoms. The lowest BCUT2D eigenvalue weighted by Crippen LogP contribution is -2.48. The van der Waals surface area contributed by atoms with Gasteiger partial charge in [0.25, 0.3) is 0 Å². The molecule has 0 radical (unpaired) electrons. The second-order valence-corrected chi connectivity index (χ2v) is 6.92. The molecule has 152 valence electrons. The highest BCUT2D eigenvalue weighted by atomic mass is 16.5. The number of benzene rings is 1. The molecular weight excluding hydrogens is 358 g/mol. The summed E-state index contributed by atoms with van der Waals surface area (Å²) in [5.74, 6) is 2.54. The molecule has 1 fully saturated rings. The largest absolute Gasteiger partial charge is 0.490 e. The summed E-state index contributed by atoms with van der Waals surface area (Å²) >= 11 is 0. The zero-order valence-corrected chi connectivity index (χ0v) is 16.7. The maximum Gasteiger partial charge on any atom is 0.222 e. The molecule has 7 nitrogen and oxygen atoms in total. The van der Waals surface area contributed by atoms with E-state index in [1.54, 1.807) is 0 Å². The van der Waals surface area contributed by atoms with Gasteiger partial charge in [-0.2, -0.15) is 0 Å². The molecule has 28 heavy (non-hydrogen) atoms. The Morgan fingerprint density at radius 2 is 1.86 bits per heavy atom. The van der Waals surface area contributed by atoms with E-state index in [2.05, 4.69) is 10.1 Å². The first-order valence-electron chi connectivity index (χ1n) is 9.92. The van der Waals surface area contributed by atoms with Gasteiger partial charge in [-0.3, -0.25) is 9.69 Å². The van der Waals surface area contributed by atoms with Gasteiger partial charge in [-0.15, -0.1) is 0 Å². The summed E-state index contributed by atoms with van der Waals surface area (Å²) in [5, 5.41) is 3.92. The van der Waals surface area contributed by atoms with Gasteiger partial charge in [-0.05, 0) is 32.4 Å². The molecule has 1 aliphatic heterocycles. The van der Waals surface area contributed by atoms with Crippen molar-refractivity contribution in [2.75, 3.05) is 39.4 Å². The number of para-hydroxylation sites is 2. The summed E-state index contributed by atoms with van der Waals surface area (Å²) in [6.07, 6.45) is 1.19. The number of ether oxygens (including phenoxy) is 2. The normalized spacial score (nSPS) is 14.9. The zero-order valence-electron chi connectivity index (χ0n) is 16.7. The highest BCUT2D eigenvalue weighted by molar-refractivity contribution is 5.76. The van der Waals surface area contributed by atoms with Crippen molar-refractivity contribution in [2.24, 2.45) is 0 Å². The Morgan fingerprint density at radius 3 is 2.50 bits per heavy atom. The maximum absolute atomic E-state index is 12.4. The molecule has 0 aliphatic carbocycles. The third kappa shape index (κ3) is 5.73. The fourth-order valence-corrected chi connectivity index (χ4v) is 3.27. The number of carbonyl (C=O) groups is 1. The molecule has 0 N–H and O–H groups in total. The van der Waals surface area contributed by atoms with E-state index in [1.807, 2.05) is 49.1 Å². The van der Waals surface area contributed by atoms with Gasteiger partial charge in [0.2, 0.25) is 5.91 Å². The molecule has 0 bridgehead atoms. The fraction of sp³-hybridized carbons (Fsp3) is 0.524. The van der Waals surface area contributed by atoms with Crippen LogP contribution in [0.15, 0.2) is 34.9 Å². The Hall–Kier alpha value is -2.54. The average Bonchev–Trinajstić information content (AvgIpc) is 3.11. The van der Waals surface area contributed by atoms with Crippen molar-refractivity contribution in [3.05, 3.63) is 41.8 Å². The Balaban J connectivity index is 1.35. The smallest absolute Gasteiger partial charge is 0.222 e. The van der Waals surface area contributed by atoms with E-state index in [-0.39, 0.29) is 5.91 Å². The standard InChI is InChI=1S/C21H29N3O4/c1-3-26-19-7-4-5-8-20(19)27-14-6-9-21(25)24-12-10-23(11-13-24)16-18-15-17(2)22-28-18/h4-5,7-8,15H,3,6,9-14,16H2,1-2H3. The third-order valence-electron chi connectivity index (χ3n) is 4.72. The lowest BCUT2D eigenvalue weighted by atomic mass is 10.2. The van der Waals surface area contributed by atoms with Crippen LogP contribution in [0.2, 0.25) is 0 Å². The first kappa shape index (κ1) is 20.2. The van der Waals surface area contributed by atoms with Crippen molar-refractivity contribution in [3.8, 4) is 11.5 Å². The number of amides is 1. The molecule has 2 aromatic rings. The molecule has 0 saturated carbocycles. The molecule has 7 heteroatoms. The van der Waals surface area contributed by atoms with Gasteiger partial charge in [0.15, 0.2) is 17.3 Å². The van der Waals surface area contributed by atoms with Crippen LogP contribution >= 0.6 is 0 Å². The summed E-state index contributed by atoms with van der Waals surface area (Å²) in [6.45, 7) is 8.91. The predicted octanol–water partition coefficient (Wildman–Crippen LogP) is 2.89. The molecule has 1 aromatic carbocycles. The van der Waals surface area contributed by atoms with E-state index in [1.165, 1.54) is 0 Å². The monoisotopic (exact) mass is 387 g/mol. The molecule has 1 aliphatic rings. The zero-order chi connectivity index (χ0) is 19.8. The number of nitrogens with zero attached hydrogens (tertiary/aromatic N) is 3. The highest BCUT2D eigenvalue weighted by Crippen LogP contribution is 2.26. The maximum atomic E-state index is 12.4. The minimum Gasteiger partial charge on any atom is -0.490 e. The molecular formula is C21H29N3O4. The van der Waals surface area contributed by atoms with E-state index in [0.29, 0.717) is 26.1 Å². The van der Waals surface area contributed by atoms with Gasteiger partial charge in [0, 0.05) is 38.7 Å². The number of piperazine rings is 1. The minimum atomic E-state index is 0.192. The number of aromatic nitrogens is 1. The van der Waals surface area contributed by atoms with Crippen LogP contribution in [-0.2, 0) is 11.3 Å². The molecule has 1 aromatic heterocycles. The number of aryl methyl sites for hydroxylation is 1. The second kappa shape index (κ2) is 10.1. The van der Waals surface area contributed by atoms with Crippen LogP contribution in [0.25, 0.3) is 0 Å². The van der Waals surface area contributed by atoms with E-state index in [4.69, 9.17) is 14.0 Å². The van der Waals surface area contributed by atoms with Crippen molar-refractivity contribution in [1.82, 2.24) is 15.0 Å². The summed E-state index contributed by atoms with van der Waals surface area (Å²) in [7, 11) is 0. The fourth-order valence-electron chi connectivity index (χ4n) is 3.27. The number of hydrogen-bond acceptors (Lipinski definition) is 6. The van der Waals surface area contributed by atoms with Crippen LogP contribution in [-0.4, -0.2) is 60.3 Å². The molecule has 3 rings (SSSR count). The first-order valence-corrected chi connectivity index (χ1v) is 9.92. The molecule has 1 saturated heterocycles. The summed E-state index contributed by atoms with van der Waals surface area (Å²) < 4.78 is 16.6. The molecule has 0 atom stereocenters. The van der Waals surface area contributed by atoms with Gasteiger partial charge in [0.05, 0.1) is 25.5 Å². The van der Waals surface area contributed by atoms with Crippen molar-refractivity contribution in [3.63, 3.8) is 0 Å². The second-order valence-electron chi connectivity index (χ2n) is 6.92. The van der Waals surface area contributed by atoms with Gasteiger partial charge in [-0.25, -0.2) is 0 Å². The third-order valence-corrected chi connectivity index (χ3v) is 4.72. The lowest BCUT2D eigenvalue weighted by Gasteiger charge is -2.34. The van der Waals surface area contributed by atoms with Crippen molar-refractivity contribution in [1.29, 1.82) is 0 Å².